The van der Waals surface area contributed by atoms with E-state index < -0.39 is 0 Å². The van der Waals surface area contributed by atoms with E-state index in [-0.39, 0.29) is 12.1 Å². The minimum atomic E-state index is -0.0869. The Hall–Kier alpha value is -0.840. The van der Waals surface area contributed by atoms with Gasteiger partial charge in [-0.25, -0.2) is 0 Å². The van der Waals surface area contributed by atoms with Crippen LogP contribution in [0.25, 0.3) is 0 Å². The standard InChI is InChI=1S/C15H18BrNOS/c1-3-13(17)15(11-6-7-19-9-11)18-14-5-4-12(16)8-10(14)2/h4-9,13,15H,3,17H2,1-2H3. The highest BCUT2D eigenvalue weighted by molar-refractivity contribution is 9.10. The predicted molar refractivity (Wildman–Crippen MR) is 84.8 cm³/mol. The normalized spacial score (nSPS) is 14.1. The van der Waals surface area contributed by atoms with Gasteiger partial charge in [-0.3, -0.25) is 0 Å². The van der Waals surface area contributed by atoms with Gasteiger partial charge in [0, 0.05) is 16.1 Å². The van der Waals surface area contributed by atoms with E-state index in [9.17, 15) is 0 Å². The van der Waals surface area contributed by atoms with Gasteiger partial charge in [0.15, 0.2) is 0 Å². The molecule has 4 heteroatoms. The lowest BCUT2D eigenvalue weighted by molar-refractivity contribution is 0.170. The first-order valence-corrected chi connectivity index (χ1v) is 8.06. The second-order valence-corrected chi connectivity index (χ2v) is 6.27. The van der Waals surface area contributed by atoms with E-state index in [1.165, 1.54) is 0 Å². The summed E-state index contributed by atoms with van der Waals surface area (Å²) in [5.74, 6) is 0.892. The summed E-state index contributed by atoms with van der Waals surface area (Å²) >= 11 is 5.14. The zero-order valence-electron chi connectivity index (χ0n) is 11.1. The molecule has 2 atom stereocenters. The molecule has 0 saturated carbocycles. The summed E-state index contributed by atoms with van der Waals surface area (Å²) in [4.78, 5) is 0. The first-order chi connectivity index (χ1) is 9.11. The van der Waals surface area contributed by atoms with Gasteiger partial charge in [0.1, 0.15) is 11.9 Å². The van der Waals surface area contributed by atoms with E-state index in [2.05, 4.69) is 45.7 Å². The number of nitrogens with two attached hydrogens (primary N) is 1. The molecule has 1 aromatic carbocycles. The van der Waals surface area contributed by atoms with Crippen molar-refractivity contribution in [3.8, 4) is 5.75 Å². The van der Waals surface area contributed by atoms with Crippen LogP contribution in [0.4, 0.5) is 0 Å². The molecule has 1 heterocycles. The Bertz CT molecular complexity index is 527. The van der Waals surface area contributed by atoms with E-state index in [1.807, 2.05) is 19.1 Å². The summed E-state index contributed by atoms with van der Waals surface area (Å²) < 4.78 is 7.22. The van der Waals surface area contributed by atoms with Crippen molar-refractivity contribution in [2.24, 2.45) is 5.73 Å². The van der Waals surface area contributed by atoms with E-state index in [0.717, 1.165) is 27.8 Å². The van der Waals surface area contributed by atoms with Gasteiger partial charge in [0.2, 0.25) is 0 Å². The van der Waals surface area contributed by atoms with Gasteiger partial charge in [0.05, 0.1) is 0 Å². The maximum atomic E-state index is 6.21. The molecule has 102 valence electrons. The van der Waals surface area contributed by atoms with Crippen LogP contribution in [0.2, 0.25) is 0 Å². The van der Waals surface area contributed by atoms with Crippen LogP contribution in [0.3, 0.4) is 0 Å². The molecule has 2 N–H and O–H groups in total. The maximum Gasteiger partial charge on any atom is 0.140 e. The lowest BCUT2D eigenvalue weighted by Gasteiger charge is -2.24. The molecule has 0 radical (unpaired) electrons. The van der Waals surface area contributed by atoms with Gasteiger partial charge in [-0.15, -0.1) is 0 Å². The van der Waals surface area contributed by atoms with Crippen LogP contribution >= 0.6 is 27.3 Å². The zero-order valence-corrected chi connectivity index (χ0v) is 13.5. The first-order valence-electron chi connectivity index (χ1n) is 6.32. The number of rotatable bonds is 5. The number of halogens is 1. The number of thiophene rings is 1. The van der Waals surface area contributed by atoms with Crippen LogP contribution in [-0.4, -0.2) is 6.04 Å². The molecule has 0 aliphatic carbocycles. The minimum absolute atomic E-state index is 0.00218. The largest absolute Gasteiger partial charge is 0.484 e. The average molecular weight is 340 g/mol. The second-order valence-electron chi connectivity index (χ2n) is 4.58. The fraction of sp³-hybridized carbons (Fsp3) is 0.333. The highest BCUT2D eigenvalue weighted by atomic mass is 79.9. The Morgan fingerprint density at radius 3 is 2.74 bits per heavy atom. The Morgan fingerprint density at radius 1 is 1.37 bits per heavy atom. The molecule has 0 amide bonds. The third kappa shape index (κ3) is 3.59. The SMILES string of the molecule is CCC(N)C(Oc1ccc(Br)cc1C)c1ccsc1. The van der Waals surface area contributed by atoms with Gasteiger partial charge in [-0.2, -0.15) is 11.3 Å². The molecule has 2 aromatic rings. The van der Waals surface area contributed by atoms with Crippen LogP contribution in [0, 0.1) is 6.92 Å². The van der Waals surface area contributed by atoms with Crippen molar-refractivity contribution in [3.05, 3.63) is 50.6 Å². The van der Waals surface area contributed by atoms with Gasteiger partial charge < -0.3 is 10.5 Å². The second kappa shape index (κ2) is 6.55. The Balaban J connectivity index is 2.25. The van der Waals surface area contributed by atoms with Gasteiger partial charge in [0.25, 0.3) is 0 Å². The molecule has 2 unspecified atom stereocenters. The average Bonchev–Trinajstić information content (AvgIpc) is 2.91. The van der Waals surface area contributed by atoms with Crippen LogP contribution in [0.5, 0.6) is 5.75 Å². The lowest BCUT2D eigenvalue weighted by atomic mass is 10.0. The van der Waals surface area contributed by atoms with Crippen LogP contribution in [0.15, 0.2) is 39.5 Å². The number of ether oxygens (including phenoxy) is 1. The molecule has 0 saturated heterocycles. The Morgan fingerprint density at radius 2 is 2.16 bits per heavy atom. The van der Waals surface area contributed by atoms with Crippen molar-refractivity contribution in [1.82, 2.24) is 0 Å². The smallest absolute Gasteiger partial charge is 0.140 e. The predicted octanol–water partition coefficient (Wildman–Crippen LogP) is 4.68. The Labute approximate surface area is 126 Å². The topological polar surface area (TPSA) is 35.2 Å². The van der Waals surface area contributed by atoms with Crippen LogP contribution in [0.1, 0.15) is 30.6 Å². The molecule has 0 aliphatic rings. The fourth-order valence-electron chi connectivity index (χ4n) is 1.94. The van der Waals surface area contributed by atoms with Crippen molar-refractivity contribution in [2.45, 2.75) is 32.4 Å². The summed E-state index contributed by atoms with van der Waals surface area (Å²) in [5, 5.41) is 4.16. The zero-order chi connectivity index (χ0) is 13.8. The molecule has 0 spiro atoms. The Kier molecular flexibility index (Phi) is 5.02. The maximum absolute atomic E-state index is 6.21. The fourth-order valence-corrected chi connectivity index (χ4v) is 3.10. The van der Waals surface area contributed by atoms with Gasteiger partial charge >= 0.3 is 0 Å². The van der Waals surface area contributed by atoms with E-state index >= 15 is 0 Å². The summed E-state index contributed by atoms with van der Waals surface area (Å²) in [5.41, 5.74) is 8.47. The number of hydrogen-bond acceptors (Lipinski definition) is 3. The molecule has 0 aliphatic heterocycles. The highest BCUT2D eigenvalue weighted by Gasteiger charge is 2.21. The van der Waals surface area contributed by atoms with Crippen molar-refractivity contribution in [3.63, 3.8) is 0 Å². The van der Waals surface area contributed by atoms with Crippen molar-refractivity contribution in [2.75, 3.05) is 0 Å². The third-order valence-corrected chi connectivity index (χ3v) is 4.32. The summed E-state index contributed by atoms with van der Waals surface area (Å²) in [6.07, 6.45) is 0.798. The van der Waals surface area contributed by atoms with Gasteiger partial charge in [-0.1, -0.05) is 22.9 Å². The van der Waals surface area contributed by atoms with E-state index in [4.69, 9.17) is 10.5 Å². The monoisotopic (exact) mass is 339 g/mol. The molecule has 1 aromatic heterocycles. The summed E-state index contributed by atoms with van der Waals surface area (Å²) in [6.45, 7) is 4.13. The molecule has 2 nitrogen and oxygen atoms in total. The lowest BCUT2D eigenvalue weighted by Crippen LogP contribution is -2.31. The quantitative estimate of drug-likeness (QED) is 0.858. The molecule has 19 heavy (non-hydrogen) atoms. The molecular weight excluding hydrogens is 322 g/mol. The first kappa shape index (κ1) is 14.6. The van der Waals surface area contributed by atoms with Crippen LogP contribution < -0.4 is 10.5 Å². The van der Waals surface area contributed by atoms with Crippen molar-refractivity contribution >= 4 is 27.3 Å². The molecule has 2 rings (SSSR count). The van der Waals surface area contributed by atoms with Crippen LogP contribution in [-0.2, 0) is 0 Å². The van der Waals surface area contributed by atoms with E-state index in [1.54, 1.807) is 11.3 Å². The molecular formula is C15H18BrNOS. The molecule has 0 fully saturated rings. The summed E-state index contributed by atoms with van der Waals surface area (Å²) in [6, 6.07) is 8.11. The highest BCUT2D eigenvalue weighted by Crippen LogP contribution is 2.30. The number of hydrogen-bond donors (Lipinski definition) is 1. The van der Waals surface area contributed by atoms with Crippen molar-refractivity contribution in [1.29, 1.82) is 0 Å². The van der Waals surface area contributed by atoms with E-state index in [0.29, 0.717) is 0 Å². The molecule has 0 bridgehead atoms. The number of aryl methyl sites for hydroxylation is 1. The summed E-state index contributed by atoms with van der Waals surface area (Å²) in [7, 11) is 0. The van der Waals surface area contributed by atoms with Gasteiger partial charge in [-0.05, 0) is 53.9 Å². The van der Waals surface area contributed by atoms with Crippen molar-refractivity contribution < 1.29 is 4.74 Å². The number of benzene rings is 1. The third-order valence-electron chi connectivity index (χ3n) is 3.12. The minimum Gasteiger partial charge on any atom is -0.484 e.